The molecule has 1 N–H and O–H groups in total. The lowest BCUT2D eigenvalue weighted by Gasteiger charge is -2.17. The van der Waals surface area contributed by atoms with E-state index in [2.05, 4.69) is 28.1 Å². The number of fused-ring (bicyclic) bond motifs is 4. The lowest BCUT2D eigenvalue weighted by Crippen LogP contribution is -2.18. The number of rotatable bonds is 4. The van der Waals surface area contributed by atoms with Crippen LogP contribution in [0.4, 0.5) is 0 Å². The molecule has 3 aromatic rings. The fourth-order valence-electron chi connectivity index (χ4n) is 4.93. The summed E-state index contributed by atoms with van der Waals surface area (Å²) in [6, 6.07) is 10.5. The van der Waals surface area contributed by atoms with Crippen molar-refractivity contribution in [3.05, 3.63) is 62.8 Å². The molecule has 5 rings (SSSR count). The summed E-state index contributed by atoms with van der Waals surface area (Å²) >= 11 is 13.0. The molecule has 0 radical (unpaired) electrons. The predicted octanol–water partition coefficient (Wildman–Crippen LogP) is 5.59. The van der Waals surface area contributed by atoms with E-state index in [9.17, 15) is 0 Å². The average Bonchev–Trinajstić information content (AvgIpc) is 2.86. The minimum absolute atomic E-state index is 0.632. The third-order valence-corrected chi connectivity index (χ3v) is 6.81. The number of aromatic nitrogens is 1. The van der Waals surface area contributed by atoms with Gasteiger partial charge in [0.2, 0.25) is 0 Å². The van der Waals surface area contributed by atoms with Crippen molar-refractivity contribution in [3.8, 4) is 5.75 Å². The van der Waals surface area contributed by atoms with E-state index < -0.39 is 0 Å². The molecule has 2 aliphatic rings. The van der Waals surface area contributed by atoms with Gasteiger partial charge in [0.05, 0.1) is 17.1 Å². The van der Waals surface area contributed by atoms with Gasteiger partial charge in [-0.15, -0.1) is 0 Å². The van der Waals surface area contributed by atoms with Crippen molar-refractivity contribution in [2.45, 2.75) is 45.1 Å². The number of nitrogens with zero attached hydrogens (tertiary/aromatic N) is 1. The van der Waals surface area contributed by atoms with Crippen LogP contribution in [0.3, 0.4) is 0 Å². The molecule has 1 aliphatic carbocycles. The number of hydrogen-bond acceptors (Lipinski definition) is 2. The van der Waals surface area contributed by atoms with E-state index in [1.807, 2.05) is 12.1 Å². The molecule has 0 atom stereocenters. The molecular weight excluding hydrogens is 403 g/mol. The van der Waals surface area contributed by atoms with Crippen LogP contribution in [0, 0.1) is 0 Å². The van der Waals surface area contributed by atoms with Crippen molar-refractivity contribution in [1.29, 1.82) is 0 Å². The predicted molar refractivity (Wildman–Crippen MR) is 121 cm³/mol. The zero-order chi connectivity index (χ0) is 19.8. The summed E-state index contributed by atoms with van der Waals surface area (Å²) < 4.78 is 8.54. The van der Waals surface area contributed by atoms with Crippen LogP contribution in [0.25, 0.3) is 10.9 Å². The second-order valence-electron chi connectivity index (χ2n) is 8.09. The van der Waals surface area contributed by atoms with Gasteiger partial charge in [-0.2, -0.15) is 0 Å². The Balaban J connectivity index is 1.42. The monoisotopic (exact) mass is 428 g/mol. The molecule has 0 amide bonds. The van der Waals surface area contributed by atoms with Gasteiger partial charge in [-0.1, -0.05) is 29.3 Å². The first-order chi connectivity index (χ1) is 14.2. The maximum Gasteiger partial charge on any atom is 0.119 e. The lowest BCUT2D eigenvalue weighted by atomic mass is 9.92. The van der Waals surface area contributed by atoms with Crippen molar-refractivity contribution in [3.63, 3.8) is 0 Å². The normalized spacial score (nSPS) is 16.3. The Morgan fingerprint density at radius 2 is 1.76 bits per heavy atom. The van der Waals surface area contributed by atoms with Gasteiger partial charge in [0.25, 0.3) is 0 Å². The van der Waals surface area contributed by atoms with E-state index in [0.29, 0.717) is 11.6 Å². The van der Waals surface area contributed by atoms with Crippen molar-refractivity contribution in [2.24, 2.45) is 0 Å². The molecule has 0 spiro atoms. The Labute approximate surface area is 181 Å². The van der Waals surface area contributed by atoms with Crippen molar-refractivity contribution in [1.82, 2.24) is 9.88 Å². The summed E-state index contributed by atoms with van der Waals surface area (Å²) in [5.74, 6) is 0.978. The molecule has 29 heavy (non-hydrogen) atoms. The maximum absolute atomic E-state index is 6.61. The highest BCUT2D eigenvalue weighted by atomic mass is 35.5. The second kappa shape index (κ2) is 8.22. The van der Waals surface area contributed by atoms with Crippen molar-refractivity contribution in [2.75, 3.05) is 19.7 Å². The highest BCUT2D eigenvalue weighted by Gasteiger charge is 2.21. The van der Waals surface area contributed by atoms with E-state index in [-0.39, 0.29) is 0 Å². The van der Waals surface area contributed by atoms with Gasteiger partial charge in [-0.05, 0) is 79.6 Å². The molecule has 152 valence electrons. The largest absolute Gasteiger partial charge is 0.492 e. The first kappa shape index (κ1) is 19.3. The number of aryl methyl sites for hydroxylation is 2. The van der Waals surface area contributed by atoms with Gasteiger partial charge >= 0.3 is 0 Å². The quantitative estimate of drug-likeness (QED) is 0.585. The van der Waals surface area contributed by atoms with Crippen LogP contribution < -0.4 is 10.1 Å². The standard InChI is InChI=1S/C24H26Cl2N2O/c25-18-14-21(26)24-20-7-9-27-10-8-22(20)28(23(24)15-18)11-12-29-19-6-5-16-3-1-2-4-17(16)13-19/h5-6,13-15,27H,1-4,7-12H2. The Morgan fingerprint density at radius 1 is 0.931 bits per heavy atom. The van der Waals surface area contributed by atoms with Gasteiger partial charge in [-0.25, -0.2) is 0 Å². The number of nitrogens with one attached hydrogen (secondary N) is 1. The van der Waals surface area contributed by atoms with Gasteiger partial charge in [0.1, 0.15) is 12.4 Å². The molecule has 3 nitrogen and oxygen atoms in total. The lowest BCUT2D eigenvalue weighted by molar-refractivity contribution is 0.298. The minimum Gasteiger partial charge on any atom is -0.492 e. The first-order valence-electron chi connectivity index (χ1n) is 10.6. The summed E-state index contributed by atoms with van der Waals surface area (Å²) in [6.45, 7) is 3.39. The van der Waals surface area contributed by atoms with E-state index >= 15 is 0 Å². The van der Waals surface area contributed by atoms with Crippen LogP contribution in [0.2, 0.25) is 10.0 Å². The summed E-state index contributed by atoms with van der Waals surface area (Å²) in [4.78, 5) is 0. The van der Waals surface area contributed by atoms with E-state index in [0.717, 1.165) is 54.2 Å². The van der Waals surface area contributed by atoms with E-state index in [1.54, 1.807) is 0 Å². The molecule has 0 bridgehead atoms. The van der Waals surface area contributed by atoms with Gasteiger partial charge in [0, 0.05) is 29.1 Å². The van der Waals surface area contributed by atoms with Crippen LogP contribution in [0.1, 0.15) is 35.2 Å². The van der Waals surface area contributed by atoms with Crippen LogP contribution in [-0.4, -0.2) is 24.3 Å². The molecule has 2 heterocycles. The highest BCUT2D eigenvalue weighted by Crippen LogP contribution is 2.36. The Hall–Kier alpha value is -1.68. The third kappa shape index (κ3) is 3.76. The summed E-state index contributed by atoms with van der Waals surface area (Å²) in [5, 5.41) is 6.09. The molecule has 1 aromatic heterocycles. The molecule has 0 saturated carbocycles. The molecule has 2 aromatic carbocycles. The molecule has 5 heteroatoms. The summed E-state index contributed by atoms with van der Waals surface area (Å²) in [5.41, 5.74) is 6.80. The average molecular weight is 429 g/mol. The Bertz CT molecular complexity index is 1060. The molecule has 1 aliphatic heterocycles. The van der Waals surface area contributed by atoms with Gasteiger partial charge in [0.15, 0.2) is 0 Å². The van der Waals surface area contributed by atoms with E-state index in [4.69, 9.17) is 27.9 Å². The summed E-state index contributed by atoms with van der Waals surface area (Å²) in [6.07, 6.45) is 6.95. The first-order valence-corrected chi connectivity index (χ1v) is 11.4. The van der Waals surface area contributed by atoms with Crippen LogP contribution in [-0.2, 0) is 32.2 Å². The maximum atomic E-state index is 6.61. The zero-order valence-electron chi connectivity index (χ0n) is 16.6. The van der Waals surface area contributed by atoms with Crippen LogP contribution in [0.15, 0.2) is 30.3 Å². The number of hydrogen-bond donors (Lipinski definition) is 1. The summed E-state index contributed by atoms with van der Waals surface area (Å²) in [7, 11) is 0. The fourth-order valence-corrected chi connectivity index (χ4v) is 5.53. The SMILES string of the molecule is Clc1cc(Cl)c2c3c(n(CCOc4ccc5c(c4)CCCC5)c2c1)CCNCC3. The smallest absolute Gasteiger partial charge is 0.119 e. The van der Waals surface area contributed by atoms with Gasteiger partial charge in [-0.3, -0.25) is 0 Å². The van der Waals surface area contributed by atoms with Crippen LogP contribution >= 0.6 is 23.2 Å². The van der Waals surface area contributed by atoms with E-state index in [1.165, 1.54) is 48.1 Å². The van der Waals surface area contributed by atoms with Crippen LogP contribution in [0.5, 0.6) is 5.75 Å². The second-order valence-corrected chi connectivity index (χ2v) is 8.94. The zero-order valence-corrected chi connectivity index (χ0v) is 18.1. The van der Waals surface area contributed by atoms with Crippen molar-refractivity contribution < 1.29 is 4.74 Å². The Morgan fingerprint density at radius 3 is 2.66 bits per heavy atom. The Kier molecular flexibility index (Phi) is 5.47. The van der Waals surface area contributed by atoms with Crippen molar-refractivity contribution >= 4 is 34.1 Å². The third-order valence-electron chi connectivity index (χ3n) is 6.29. The van der Waals surface area contributed by atoms with Gasteiger partial charge < -0.3 is 14.6 Å². The number of benzene rings is 2. The number of ether oxygens (including phenoxy) is 1. The molecular formula is C24H26Cl2N2O. The topological polar surface area (TPSA) is 26.2 Å². The molecule has 0 unspecified atom stereocenters. The molecule has 0 fully saturated rings. The molecule has 0 saturated heterocycles. The number of halogens is 2. The highest BCUT2D eigenvalue weighted by molar-refractivity contribution is 6.38. The fraction of sp³-hybridized carbons (Fsp3) is 0.417. The minimum atomic E-state index is 0.632.